The van der Waals surface area contributed by atoms with E-state index < -0.39 is 5.97 Å². The lowest BCUT2D eigenvalue weighted by atomic mass is 9.86. The summed E-state index contributed by atoms with van der Waals surface area (Å²) in [6.45, 7) is -0.0283. The van der Waals surface area contributed by atoms with Gasteiger partial charge in [-0.3, -0.25) is 9.59 Å². The molecule has 0 radical (unpaired) electrons. The number of carboxylic acids is 1. The van der Waals surface area contributed by atoms with Gasteiger partial charge in [0.15, 0.2) is 0 Å². The smallest absolute Gasteiger partial charge is 0.306 e. The molecule has 2 N–H and O–H groups in total. The summed E-state index contributed by atoms with van der Waals surface area (Å²) < 4.78 is 0. The topological polar surface area (TPSA) is 110 Å². The van der Waals surface area contributed by atoms with Crippen molar-refractivity contribution in [3.8, 4) is 11.4 Å². The monoisotopic (exact) mass is 363 g/mol. The first-order valence-corrected chi connectivity index (χ1v) is 8.45. The SMILES string of the molecule is O=C(Cn1nnc(-c2ccc(Cl)cc2)n1)NC1CCC(C(=O)O)CC1. The van der Waals surface area contributed by atoms with Gasteiger partial charge in [-0.15, -0.1) is 10.2 Å². The number of tetrazole rings is 1. The van der Waals surface area contributed by atoms with E-state index in [4.69, 9.17) is 16.7 Å². The van der Waals surface area contributed by atoms with Crippen molar-refractivity contribution in [2.24, 2.45) is 5.92 Å². The largest absolute Gasteiger partial charge is 0.481 e. The van der Waals surface area contributed by atoms with Gasteiger partial charge in [-0.25, -0.2) is 0 Å². The van der Waals surface area contributed by atoms with Gasteiger partial charge in [-0.05, 0) is 55.2 Å². The lowest BCUT2D eigenvalue weighted by molar-refractivity contribution is -0.142. The molecule has 3 rings (SSSR count). The van der Waals surface area contributed by atoms with Crippen molar-refractivity contribution in [3.63, 3.8) is 0 Å². The van der Waals surface area contributed by atoms with Gasteiger partial charge in [0.2, 0.25) is 11.7 Å². The number of aliphatic carboxylic acids is 1. The van der Waals surface area contributed by atoms with Crippen LogP contribution < -0.4 is 5.32 Å². The first-order chi connectivity index (χ1) is 12.0. The molecule has 25 heavy (non-hydrogen) atoms. The Hall–Kier alpha value is -2.48. The van der Waals surface area contributed by atoms with Gasteiger partial charge >= 0.3 is 5.97 Å². The number of aromatic nitrogens is 4. The van der Waals surface area contributed by atoms with Gasteiger partial charge in [0.1, 0.15) is 6.54 Å². The van der Waals surface area contributed by atoms with Crippen molar-refractivity contribution < 1.29 is 14.7 Å². The summed E-state index contributed by atoms with van der Waals surface area (Å²) in [5, 5.41) is 24.5. The predicted octanol–water partition coefficient (Wildman–Crippen LogP) is 1.75. The number of rotatable bonds is 5. The average molecular weight is 364 g/mol. The molecule has 1 heterocycles. The first-order valence-electron chi connectivity index (χ1n) is 8.07. The van der Waals surface area contributed by atoms with Crippen molar-refractivity contribution in [2.45, 2.75) is 38.3 Å². The molecule has 2 aromatic rings. The van der Waals surface area contributed by atoms with E-state index in [9.17, 15) is 9.59 Å². The number of nitrogens with one attached hydrogen (secondary N) is 1. The second-order valence-corrected chi connectivity index (χ2v) is 6.54. The van der Waals surface area contributed by atoms with E-state index >= 15 is 0 Å². The second-order valence-electron chi connectivity index (χ2n) is 6.10. The van der Waals surface area contributed by atoms with Crippen LogP contribution in [-0.4, -0.2) is 43.2 Å². The average Bonchev–Trinajstić information content (AvgIpc) is 3.04. The van der Waals surface area contributed by atoms with Gasteiger partial charge in [0.25, 0.3) is 0 Å². The fourth-order valence-corrected chi connectivity index (χ4v) is 3.04. The van der Waals surface area contributed by atoms with E-state index in [0.29, 0.717) is 36.5 Å². The van der Waals surface area contributed by atoms with Crippen molar-refractivity contribution in [3.05, 3.63) is 29.3 Å². The highest BCUT2D eigenvalue weighted by molar-refractivity contribution is 6.30. The Morgan fingerprint density at radius 3 is 2.52 bits per heavy atom. The van der Waals surface area contributed by atoms with Crippen LogP contribution in [-0.2, 0) is 16.1 Å². The normalized spacial score (nSPS) is 20.2. The minimum absolute atomic E-state index is 0.00218. The molecule has 1 aromatic carbocycles. The molecule has 0 spiro atoms. The van der Waals surface area contributed by atoms with Crippen LogP contribution in [0.25, 0.3) is 11.4 Å². The van der Waals surface area contributed by atoms with E-state index in [-0.39, 0.29) is 24.4 Å². The highest BCUT2D eigenvalue weighted by atomic mass is 35.5. The summed E-state index contributed by atoms with van der Waals surface area (Å²) >= 11 is 5.84. The maximum atomic E-state index is 12.1. The third kappa shape index (κ3) is 4.54. The number of amides is 1. The summed E-state index contributed by atoms with van der Waals surface area (Å²) in [4.78, 5) is 24.3. The van der Waals surface area contributed by atoms with E-state index in [2.05, 4.69) is 20.7 Å². The number of nitrogens with zero attached hydrogens (tertiary/aromatic N) is 4. The lowest BCUT2D eigenvalue weighted by Crippen LogP contribution is -2.40. The zero-order valence-corrected chi connectivity index (χ0v) is 14.2. The molecule has 1 aromatic heterocycles. The van der Waals surface area contributed by atoms with Crippen molar-refractivity contribution >= 4 is 23.5 Å². The minimum atomic E-state index is -0.758. The maximum absolute atomic E-state index is 12.1. The van der Waals surface area contributed by atoms with Crippen LogP contribution in [0.2, 0.25) is 5.02 Å². The molecule has 1 aliphatic rings. The molecule has 0 bridgehead atoms. The summed E-state index contributed by atoms with van der Waals surface area (Å²) in [5.41, 5.74) is 0.767. The molecule has 8 nitrogen and oxygen atoms in total. The molecule has 1 amide bonds. The van der Waals surface area contributed by atoms with Crippen LogP contribution >= 0.6 is 11.6 Å². The van der Waals surface area contributed by atoms with Crippen molar-refractivity contribution in [1.29, 1.82) is 0 Å². The third-order valence-electron chi connectivity index (χ3n) is 4.28. The van der Waals surface area contributed by atoms with Gasteiger partial charge in [0, 0.05) is 16.6 Å². The van der Waals surface area contributed by atoms with E-state index in [1.54, 1.807) is 24.3 Å². The first kappa shape index (κ1) is 17.3. The van der Waals surface area contributed by atoms with E-state index in [1.807, 2.05) is 0 Å². The molecule has 0 aliphatic heterocycles. The maximum Gasteiger partial charge on any atom is 0.306 e. The molecule has 1 aliphatic carbocycles. The number of halogens is 1. The number of benzene rings is 1. The highest BCUT2D eigenvalue weighted by Crippen LogP contribution is 2.24. The van der Waals surface area contributed by atoms with Crippen LogP contribution in [0.4, 0.5) is 0 Å². The predicted molar refractivity (Wildman–Crippen MR) is 89.8 cm³/mol. The molecular weight excluding hydrogens is 346 g/mol. The van der Waals surface area contributed by atoms with E-state index in [0.717, 1.165) is 5.56 Å². The van der Waals surface area contributed by atoms with Gasteiger partial charge in [-0.2, -0.15) is 4.80 Å². The van der Waals surface area contributed by atoms with E-state index in [1.165, 1.54) is 4.80 Å². The molecule has 1 fully saturated rings. The Kier molecular flexibility index (Phi) is 5.28. The third-order valence-corrected chi connectivity index (χ3v) is 4.53. The second kappa shape index (κ2) is 7.60. The van der Waals surface area contributed by atoms with Gasteiger partial charge in [-0.1, -0.05) is 11.6 Å². The Bertz CT molecular complexity index is 753. The minimum Gasteiger partial charge on any atom is -0.481 e. The molecule has 9 heteroatoms. The standard InChI is InChI=1S/C16H18ClN5O3/c17-12-5-1-10(2-6-12)15-19-21-22(20-15)9-14(23)18-13-7-3-11(4-8-13)16(24)25/h1-2,5-6,11,13H,3-4,7-9H2,(H,18,23)(H,24,25). The summed E-state index contributed by atoms with van der Waals surface area (Å²) in [7, 11) is 0. The summed E-state index contributed by atoms with van der Waals surface area (Å²) in [6.07, 6.45) is 2.51. The Labute approximate surface area is 149 Å². The summed E-state index contributed by atoms with van der Waals surface area (Å²) in [5.74, 6) is -0.844. The van der Waals surface area contributed by atoms with Crippen LogP contribution in [0, 0.1) is 5.92 Å². The highest BCUT2D eigenvalue weighted by Gasteiger charge is 2.26. The molecule has 0 atom stereocenters. The molecule has 1 saturated carbocycles. The lowest BCUT2D eigenvalue weighted by Gasteiger charge is -2.26. The quantitative estimate of drug-likeness (QED) is 0.837. The van der Waals surface area contributed by atoms with Crippen LogP contribution in [0.5, 0.6) is 0 Å². The van der Waals surface area contributed by atoms with Crippen LogP contribution in [0.15, 0.2) is 24.3 Å². The Balaban J connectivity index is 1.52. The zero-order valence-electron chi connectivity index (χ0n) is 13.4. The molecule has 0 unspecified atom stereocenters. The fourth-order valence-electron chi connectivity index (χ4n) is 2.91. The van der Waals surface area contributed by atoms with Crippen molar-refractivity contribution in [1.82, 2.24) is 25.5 Å². The Morgan fingerprint density at radius 1 is 1.20 bits per heavy atom. The number of hydrogen-bond donors (Lipinski definition) is 2. The molecule has 132 valence electrons. The summed E-state index contributed by atoms with van der Waals surface area (Å²) in [6, 6.07) is 7.03. The fraction of sp³-hybridized carbons (Fsp3) is 0.438. The Morgan fingerprint density at radius 2 is 1.88 bits per heavy atom. The van der Waals surface area contributed by atoms with Crippen LogP contribution in [0.1, 0.15) is 25.7 Å². The van der Waals surface area contributed by atoms with Gasteiger partial charge in [0.05, 0.1) is 5.92 Å². The van der Waals surface area contributed by atoms with Crippen LogP contribution in [0.3, 0.4) is 0 Å². The van der Waals surface area contributed by atoms with Crippen molar-refractivity contribution in [2.75, 3.05) is 0 Å². The molecular formula is C16H18ClN5O3. The zero-order chi connectivity index (χ0) is 17.8. The number of hydrogen-bond acceptors (Lipinski definition) is 5. The number of carbonyl (C=O) groups excluding carboxylic acids is 1. The molecule has 0 saturated heterocycles. The number of carboxylic acid groups (broad SMARTS) is 1. The number of carbonyl (C=O) groups is 2. The van der Waals surface area contributed by atoms with Gasteiger partial charge < -0.3 is 10.4 Å².